The molecule has 0 heterocycles. The largest absolute Gasteiger partial charge is 0.496 e. The molecule has 0 unspecified atom stereocenters. The van der Waals surface area contributed by atoms with Crippen molar-refractivity contribution in [2.24, 2.45) is 0 Å². The molecule has 0 saturated heterocycles. The zero-order valence-electron chi connectivity index (χ0n) is 8.66. The number of carbonyl (C=O) groups is 1. The van der Waals surface area contributed by atoms with E-state index in [4.69, 9.17) is 4.74 Å². The second-order valence-electron chi connectivity index (χ2n) is 2.85. The topological polar surface area (TPSA) is 26.3 Å². The molecule has 2 nitrogen and oxygen atoms in total. The van der Waals surface area contributed by atoms with Crippen LogP contribution in [0.5, 0.6) is 5.75 Å². The number of methoxy groups -OCH3 is 1. The molecule has 0 N–H and O–H groups in total. The summed E-state index contributed by atoms with van der Waals surface area (Å²) in [5.41, 5.74) is 0.724. The van der Waals surface area contributed by atoms with Crippen LogP contribution >= 0.6 is 11.8 Å². The van der Waals surface area contributed by atoms with Crippen LogP contribution < -0.4 is 4.74 Å². The molecule has 0 radical (unpaired) electrons. The molecule has 1 rings (SSSR count). The van der Waals surface area contributed by atoms with E-state index in [0.29, 0.717) is 6.42 Å². The van der Waals surface area contributed by atoms with Gasteiger partial charge >= 0.3 is 0 Å². The van der Waals surface area contributed by atoms with Crippen LogP contribution in [0.4, 0.5) is 0 Å². The smallest absolute Gasteiger partial charge is 0.162 e. The highest BCUT2D eigenvalue weighted by molar-refractivity contribution is 7.98. The molecule has 0 aliphatic heterocycles. The molecular weight excluding hydrogens is 196 g/mol. The predicted molar refractivity (Wildman–Crippen MR) is 59.4 cm³/mol. The highest BCUT2D eigenvalue weighted by Gasteiger charge is 2.07. The molecule has 0 aliphatic carbocycles. The SMILES string of the molecule is CCC(=O)c1ccc(SC)c(OC)c1. The van der Waals surface area contributed by atoms with Crippen molar-refractivity contribution in [1.29, 1.82) is 0 Å². The zero-order valence-corrected chi connectivity index (χ0v) is 9.48. The van der Waals surface area contributed by atoms with E-state index in [1.165, 1.54) is 0 Å². The van der Waals surface area contributed by atoms with Gasteiger partial charge in [0.2, 0.25) is 0 Å². The third-order valence-corrected chi connectivity index (χ3v) is 2.80. The minimum Gasteiger partial charge on any atom is -0.496 e. The van der Waals surface area contributed by atoms with Gasteiger partial charge in [-0.05, 0) is 18.4 Å². The van der Waals surface area contributed by atoms with Crippen LogP contribution in [0, 0.1) is 0 Å². The summed E-state index contributed by atoms with van der Waals surface area (Å²) in [5.74, 6) is 0.924. The van der Waals surface area contributed by atoms with E-state index >= 15 is 0 Å². The Labute approximate surface area is 88.7 Å². The highest BCUT2D eigenvalue weighted by Crippen LogP contribution is 2.28. The van der Waals surface area contributed by atoms with E-state index in [1.807, 2.05) is 25.3 Å². The number of ketones is 1. The van der Waals surface area contributed by atoms with Gasteiger partial charge in [0.1, 0.15) is 5.75 Å². The van der Waals surface area contributed by atoms with Crippen molar-refractivity contribution in [2.75, 3.05) is 13.4 Å². The fraction of sp³-hybridized carbons (Fsp3) is 0.364. The fourth-order valence-electron chi connectivity index (χ4n) is 1.21. The predicted octanol–water partition coefficient (Wildman–Crippen LogP) is 3.01. The van der Waals surface area contributed by atoms with E-state index in [0.717, 1.165) is 16.2 Å². The standard InChI is InChI=1S/C11H14O2S/c1-4-9(12)8-5-6-11(14-3)10(7-8)13-2/h5-7H,4H2,1-3H3. The molecule has 0 saturated carbocycles. The van der Waals surface area contributed by atoms with Crippen LogP contribution in [-0.4, -0.2) is 19.1 Å². The van der Waals surface area contributed by atoms with Gasteiger partial charge in [-0.25, -0.2) is 0 Å². The van der Waals surface area contributed by atoms with E-state index in [1.54, 1.807) is 24.9 Å². The lowest BCUT2D eigenvalue weighted by atomic mass is 10.1. The average Bonchev–Trinajstić information content (AvgIpc) is 2.26. The molecule has 0 aliphatic rings. The second kappa shape index (κ2) is 5.05. The van der Waals surface area contributed by atoms with Crippen molar-refractivity contribution >= 4 is 17.5 Å². The maximum absolute atomic E-state index is 11.4. The van der Waals surface area contributed by atoms with Gasteiger partial charge < -0.3 is 4.74 Å². The maximum atomic E-state index is 11.4. The van der Waals surface area contributed by atoms with Gasteiger partial charge in [-0.1, -0.05) is 13.0 Å². The van der Waals surface area contributed by atoms with E-state index < -0.39 is 0 Å². The molecule has 1 aromatic carbocycles. The van der Waals surface area contributed by atoms with Gasteiger partial charge in [0, 0.05) is 16.9 Å². The van der Waals surface area contributed by atoms with Gasteiger partial charge in [-0.3, -0.25) is 4.79 Å². The van der Waals surface area contributed by atoms with Crippen LogP contribution in [0.25, 0.3) is 0 Å². The molecule has 76 valence electrons. The summed E-state index contributed by atoms with van der Waals surface area (Å²) >= 11 is 1.61. The Hall–Kier alpha value is -0.960. The van der Waals surface area contributed by atoms with Crippen molar-refractivity contribution < 1.29 is 9.53 Å². The summed E-state index contributed by atoms with van der Waals surface area (Å²) in [4.78, 5) is 12.5. The number of rotatable bonds is 4. The Kier molecular flexibility index (Phi) is 4.01. The number of benzene rings is 1. The molecule has 0 bridgehead atoms. The number of carbonyl (C=O) groups excluding carboxylic acids is 1. The summed E-state index contributed by atoms with van der Waals surface area (Å²) in [7, 11) is 1.62. The molecule has 1 aromatic rings. The van der Waals surface area contributed by atoms with Gasteiger partial charge in [0.15, 0.2) is 5.78 Å². The van der Waals surface area contributed by atoms with Gasteiger partial charge in [0.25, 0.3) is 0 Å². The van der Waals surface area contributed by atoms with E-state index in [-0.39, 0.29) is 5.78 Å². The first-order valence-electron chi connectivity index (χ1n) is 4.48. The maximum Gasteiger partial charge on any atom is 0.162 e. The summed E-state index contributed by atoms with van der Waals surface area (Å²) in [5, 5.41) is 0. The third kappa shape index (κ3) is 2.29. The second-order valence-corrected chi connectivity index (χ2v) is 3.69. The Bertz CT molecular complexity index is 334. The Morgan fingerprint density at radius 3 is 2.71 bits per heavy atom. The molecule has 0 spiro atoms. The highest BCUT2D eigenvalue weighted by atomic mass is 32.2. The molecule has 3 heteroatoms. The number of hydrogen-bond donors (Lipinski definition) is 0. The van der Waals surface area contributed by atoms with Crippen molar-refractivity contribution in [1.82, 2.24) is 0 Å². The molecule has 0 aromatic heterocycles. The molecule has 0 fully saturated rings. The number of Topliss-reactive ketones (excluding diaryl/α,β-unsaturated/α-hetero) is 1. The molecule has 14 heavy (non-hydrogen) atoms. The van der Waals surface area contributed by atoms with Crippen molar-refractivity contribution in [3.05, 3.63) is 23.8 Å². The van der Waals surface area contributed by atoms with Crippen LogP contribution in [0.1, 0.15) is 23.7 Å². The Balaban J connectivity index is 3.07. The summed E-state index contributed by atoms with van der Waals surface area (Å²) in [6, 6.07) is 5.57. The summed E-state index contributed by atoms with van der Waals surface area (Å²) < 4.78 is 5.20. The van der Waals surface area contributed by atoms with Gasteiger partial charge in [-0.15, -0.1) is 11.8 Å². The quantitative estimate of drug-likeness (QED) is 0.564. The summed E-state index contributed by atoms with van der Waals surface area (Å²) in [6.45, 7) is 1.86. The lowest BCUT2D eigenvalue weighted by Crippen LogP contribution is -1.97. The zero-order chi connectivity index (χ0) is 10.6. The lowest BCUT2D eigenvalue weighted by Gasteiger charge is -2.07. The van der Waals surface area contributed by atoms with Gasteiger partial charge in [-0.2, -0.15) is 0 Å². The Morgan fingerprint density at radius 2 is 2.21 bits per heavy atom. The minimum atomic E-state index is 0.149. The first-order valence-corrected chi connectivity index (χ1v) is 5.70. The molecule has 0 amide bonds. The normalized spacial score (nSPS) is 9.93. The van der Waals surface area contributed by atoms with E-state index in [9.17, 15) is 4.79 Å². The third-order valence-electron chi connectivity index (χ3n) is 2.03. The first-order chi connectivity index (χ1) is 6.72. The fourth-order valence-corrected chi connectivity index (χ4v) is 1.76. The number of hydrogen-bond acceptors (Lipinski definition) is 3. The monoisotopic (exact) mass is 210 g/mol. The lowest BCUT2D eigenvalue weighted by molar-refractivity contribution is 0.0987. The van der Waals surface area contributed by atoms with Crippen LogP contribution in [-0.2, 0) is 0 Å². The number of thioether (sulfide) groups is 1. The van der Waals surface area contributed by atoms with E-state index in [2.05, 4.69) is 0 Å². The molecular formula is C11H14O2S. The molecule has 0 atom stereocenters. The number of ether oxygens (including phenoxy) is 1. The average molecular weight is 210 g/mol. The van der Waals surface area contributed by atoms with Crippen LogP contribution in [0.15, 0.2) is 23.1 Å². The van der Waals surface area contributed by atoms with Crippen molar-refractivity contribution in [2.45, 2.75) is 18.2 Å². The minimum absolute atomic E-state index is 0.149. The van der Waals surface area contributed by atoms with Crippen molar-refractivity contribution in [3.63, 3.8) is 0 Å². The van der Waals surface area contributed by atoms with Gasteiger partial charge in [0.05, 0.1) is 7.11 Å². The van der Waals surface area contributed by atoms with Crippen LogP contribution in [0.2, 0.25) is 0 Å². The Morgan fingerprint density at radius 1 is 1.50 bits per heavy atom. The first kappa shape index (κ1) is 11.1. The van der Waals surface area contributed by atoms with Crippen molar-refractivity contribution in [3.8, 4) is 5.75 Å². The summed E-state index contributed by atoms with van der Waals surface area (Å²) in [6.07, 6.45) is 2.51. The van der Waals surface area contributed by atoms with Crippen LogP contribution in [0.3, 0.4) is 0 Å².